The number of nitro groups is 1. The predicted octanol–water partition coefficient (Wildman–Crippen LogP) is 4.43. The predicted molar refractivity (Wildman–Crippen MR) is 127 cm³/mol. The summed E-state index contributed by atoms with van der Waals surface area (Å²) in [6.07, 6.45) is 0. The molecule has 0 saturated heterocycles. The summed E-state index contributed by atoms with van der Waals surface area (Å²) in [6.45, 7) is 0.0712. The number of halogens is 1. The molecule has 0 aliphatic heterocycles. The van der Waals surface area contributed by atoms with Crippen LogP contribution < -0.4 is 15.6 Å². The van der Waals surface area contributed by atoms with E-state index in [0.717, 1.165) is 15.6 Å². The lowest BCUT2D eigenvalue weighted by Gasteiger charge is -2.33. The lowest BCUT2D eigenvalue weighted by atomic mass is 10.2. The number of benzene rings is 4. The van der Waals surface area contributed by atoms with Gasteiger partial charge in [-0.25, -0.2) is 0 Å². The van der Waals surface area contributed by atoms with Crippen LogP contribution in [-0.2, 0) is 11.0 Å². The molecule has 0 radical (unpaired) electrons. The smallest absolute Gasteiger partial charge is 0.288 e. The van der Waals surface area contributed by atoms with E-state index >= 15 is 0 Å². The monoisotopic (exact) mass is 445 g/mol. The van der Waals surface area contributed by atoms with Crippen LogP contribution in [-0.4, -0.2) is 13.2 Å². The standard InChI is InChI=1S/C25H20ClNO3Si/c26-21-16-17-25(27(28)29)20(18-21)19-30-31(22-10-4-1-5-11-22,23-12-6-2-7-13-23)24-14-8-3-9-15-24/h1-18H,19H2. The van der Waals surface area contributed by atoms with Crippen LogP contribution in [0.15, 0.2) is 109 Å². The molecular weight excluding hydrogens is 426 g/mol. The van der Waals surface area contributed by atoms with Gasteiger partial charge in [0.25, 0.3) is 14.0 Å². The third kappa shape index (κ3) is 4.30. The summed E-state index contributed by atoms with van der Waals surface area (Å²) < 4.78 is 6.80. The van der Waals surface area contributed by atoms with Gasteiger partial charge in [-0.1, -0.05) is 103 Å². The van der Waals surface area contributed by atoms with E-state index in [4.69, 9.17) is 16.0 Å². The first-order valence-corrected chi connectivity index (χ1v) is 12.1. The van der Waals surface area contributed by atoms with E-state index in [2.05, 4.69) is 36.4 Å². The Balaban J connectivity index is 1.89. The molecule has 154 valence electrons. The van der Waals surface area contributed by atoms with Gasteiger partial charge in [-0.15, -0.1) is 0 Å². The highest BCUT2D eigenvalue weighted by molar-refractivity contribution is 7.07. The first-order valence-electron chi connectivity index (χ1n) is 9.84. The fourth-order valence-corrected chi connectivity index (χ4v) is 7.85. The Morgan fingerprint density at radius 3 is 1.61 bits per heavy atom. The zero-order valence-electron chi connectivity index (χ0n) is 16.6. The van der Waals surface area contributed by atoms with E-state index in [9.17, 15) is 10.1 Å². The first-order chi connectivity index (χ1) is 15.1. The lowest BCUT2D eigenvalue weighted by molar-refractivity contribution is -0.385. The van der Waals surface area contributed by atoms with Crippen molar-refractivity contribution in [2.24, 2.45) is 0 Å². The molecule has 4 aromatic carbocycles. The number of hydrogen-bond donors (Lipinski definition) is 0. The van der Waals surface area contributed by atoms with Gasteiger partial charge in [-0.2, -0.15) is 0 Å². The van der Waals surface area contributed by atoms with Gasteiger partial charge >= 0.3 is 0 Å². The van der Waals surface area contributed by atoms with Crippen LogP contribution in [0.3, 0.4) is 0 Å². The van der Waals surface area contributed by atoms with Gasteiger partial charge < -0.3 is 4.43 Å². The van der Waals surface area contributed by atoms with Crippen molar-refractivity contribution in [3.8, 4) is 0 Å². The zero-order chi connectivity index (χ0) is 21.7. The maximum absolute atomic E-state index is 11.6. The normalized spacial score (nSPS) is 11.3. The van der Waals surface area contributed by atoms with Crippen LogP contribution in [0.4, 0.5) is 5.69 Å². The number of nitrogens with zero attached hydrogens (tertiary/aromatic N) is 1. The Morgan fingerprint density at radius 1 is 0.742 bits per heavy atom. The minimum Gasteiger partial charge on any atom is -0.399 e. The summed E-state index contributed by atoms with van der Waals surface area (Å²) in [4.78, 5) is 11.2. The van der Waals surface area contributed by atoms with Gasteiger partial charge in [0, 0.05) is 11.1 Å². The summed E-state index contributed by atoms with van der Waals surface area (Å²) in [6, 6.07) is 34.9. The summed E-state index contributed by atoms with van der Waals surface area (Å²) in [7, 11) is -2.95. The molecule has 4 nitrogen and oxygen atoms in total. The molecule has 4 rings (SSSR count). The number of hydrogen-bond acceptors (Lipinski definition) is 3. The highest BCUT2D eigenvalue weighted by Crippen LogP contribution is 2.25. The third-order valence-corrected chi connectivity index (χ3v) is 9.47. The molecule has 31 heavy (non-hydrogen) atoms. The van der Waals surface area contributed by atoms with Crippen molar-refractivity contribution >= 4 is 41.2 Å². The second kappa shape index (κ2) is 9.26. The molecule has 0 amide bonds. The maximum atomic E-state index is 11.6. The molecule has 0 atom stereocenters. The van der Waals surface area contributed by atoms with Crippen molar-refractivity contribution in [3.63, 3.8) is 0 Å². The second-order valence-corrected chi connectivity index (χ2v) is 10.9. The average molecular weight is 446 g/mol. The molecule has 0 N–H and O–H groups in total. The molecule has 0 unspecified atom stereocenters. The van der Waals surface area contributed by atoms with Crippen molar-refractivity contribution in [2.45, 2.75) is 6.61 Å². The van der Waals surface area contributed by atoms with Crippen LogP contribution in [0.2, 0.25) is 5.02 Å². The Kier molecular flexibility index (Phi) is 6.28. The van der Waals surface area contributed by atoms with Crippen LogP contribution in [0.25, 0.3) is 0 Å². The van der Waals surface area contributed by atoms with Crippen LogP contribution in [0.5, 0.6) is 0 Å². The van der Waals surface area contributed by atoms with Gasteiger partial charge in [0.1, 0.15) is 0 Å². The van der Waals surface area contributed by atoms with Crippen LogP contribution in [0.1, 0.15) is 5.56 Å². The molecule has 4 aromatic rings. The Bertz CT molecular complexity index is 1070. The fraction of sp³-hybridized carbons (Fsp3) is 0.0400. The molecule has 6 heteroatoms. The largest absolute Gasteiger partial charge is 0.399 e. The molecule has 0 aliphatic carbocycles. The summed E-state index contributed by atoms with van der Waals surface area (Å²) >= 11 is 6.16. The molecule has 0 bridgehead atoms. The highest BCUT2D eigenvalue weighted by atomic mass is 35.5. The molecule has 0 saturated carbocycles. The SMILES string of the molecule is O=[N+]([O-])c1ccc(Cl)cc1CO[Si](c1ccccc1)(c1ccccc1)c1ccccc1. The van der Waals surface area contributed by atoms with Crippen molar-refractivity contribution in [2.75, 3.05) is 0 Å². The van der Waals surface area contributed by atoms with Gasteiger partial charge in [-0.05, 0) is 27.7 Å². The van der Waals surface area contributed by atoms with Crippen molar-refractivity contribution in [1.82, 2.24) is 0 Å². The number of rotatable bonds is 7. The van der Waals surface area contributed by atoms with E-state index in [1.165, 1.54) is 12.1 Å². The molecule has 0 heterocycles. The Hall–Kier alpha value is -3.25. The maximum Gasteiger partial charge on any atom is 0.288 e. The zero-order valence-corrected chi connectivity index (χ0v) is 18.4. The quantitative estimate of drug-likeness (QED) is 0.183. The third-order valence-electron chi connectivity index (χ3n) is 5.22. The highest BCUT2D eigenvalue weighted by Gasteiger charge is 2.42. The average Bonchev–Trinajstić information content (AvgIpc) is 2.81. The Labute approximate surface area is 187 Å². The van der Waals surface area contributed by atoms with Crippen LogP contribution >= 0.6 is 11.6 Å². The first kappa shape index (κ1) is 21.0. The topological polar surface area (TPSA) is 52.4 Å². The van der Waals surface area contributed by atoms with Gasteiger partial charge in [0.15, 0.2) is 0 Å². The van der Waals surface area contributed by atoms with E-state index in [1.54, 1.807) is 6.07 Å². The van der Waals surface area contributed by atoms with E-state index in [1.807, 2.05) is 54.6 Å². The number of nitro benzene ring substituents is 1. The Morgan fingerprint density at radius 2 is 1.19 bits per heavy atom. The molecule has 0 aliphatic rings. The lowest BCUT2D eigenvalue weighted by Crippen LogP contribution is -2.69. The summed E-state index contributed by atoms with van der Waals surface area (Å²) in [5.74, 6) is 0. The second-order valence-electron chi connectivity index (χ2n) is 7.10. The van der Waals surface area contributed by atoms with Gasteiger partial charge in [-0.3, -0.25) is 10.1 Å². The minimum absolute atomic E-state index is 0.00138. The van der Waals surface area contributed by atoms with E-state index < -0.39 is 13.2 Å². The minimum atomic E-state index is -2.95. The summed E-state index contributed by atoms with van der Waals surface area (Å²) in [5.41, 5.74) is 0.457. The van der Waals surface area contributed by atoms with Crippen LogP contribution in [0, 0.1) is 10.1 Å². The molecular formula is C25H20ClNO3Si. The molecule has 0 aromatic heterocycles. The van der Waals surface area contributed by atoms with E-state index in [0.29, 0.717) is 10.6 Å². The van der Waals surface area contributed by atoms with Gasteiger partial charge in [0.05, 0.1) is 17.1 Å². The molecule has 0 fully saturated rings. The van der Waals surface area contributed by atoms with Crippen molar-refractivity contribution in [1.29, 1.82) is 0 Å². The van der Waals surface area contributed by atoms with Gasteiger partial charge in [0.2, 0.25) is 0 Å². The van der Waals surface area contributed by atoms with Crippen molar-refractivity contribution < 1.29 is 9.35 Å². The molecule has 0 spiro atoms. The van der Waals surface area contributed by atoms with Crippen molar-refractivity contribution in [3.05, 3.63) is 130 Å². The fourth-order valence-electron chi connectivity index (χ4n) is 3.80. The summed E-state index contributed by atoms with van der Waals surface area (Å²) in [5, 5.41) is 15.2. The van der Waals surface area contributed by atoms with E-state index in [-0.39, 0.29) is 12.3 Å².